The molecule has 0 radical (unpaired) electrons. The van der Waals surface area contributed by atoms with Crippen molar-refractivity contribution in [1.82, 2.24) is 10.0 Å². The van der Waals surface area contributed by atoms with Gasteiger partial charge in [0.05, 0.1) is 23.2 Å². The monoisotopic (exact) mass is 484 g/mol. The maximum absolute atomic E-state index is 12.7. The molecule has 2 rings (SSSR count). The lowest BCUT2D eigenvalue weighted by Gasteiger charge is -2.15. The number of hydrogen-bond acceptors (Lipinski definition) is 5. The van der Waals surface area contributed by atoms with Gasteiger partial charge in [0.1, 0.15) is 5.75 Å². The zero-order chi connectivity index (χ0) is 21.4. The number of methoxy groups -OCH3 is 1. The molecule has 0 bridgehead atoms. The molecule has 0 saturated carbocycles. The normalized spacial score (nSPS) is 11.5. The zero-order valence-corrected chi connectivity index (χ0v) is 19.0. The molecule has 29 heavy (non-hydrogen) atoms. The summed E-state index contributed by atoms with van der Waals surface area (Å²) in [4.78, 5) is 12.7. The molecular weight excluding hydrogens is 460 g/mol. The Labute approximate surface area is 180 Å². The fraction of sp³-hybridized carbons (Fsp3) is 0.350. The first-order valence-electron chi connectivity index (χ1n) is 9.05. The Morgan fingerprint density at radius 1 is 1.17 bits per heavy atom. The number of sulfonamides is 1. The predicted molar refractivity (Wildman–Crippen MR) is 115 cm³/mol. The summed E-state index contributed by atoms with van der Waals surface area (Å²) in [5.41, 5.74) is 1.05. The molecular formula is C20H25BrN2O5S. The number of carbonyl (C=O) groups is 1. The molecule has 0 fully saturated rings. The number of nitrogens with one attached hydrogen (secondary N) is 2. The van der Waals surface area contributed by atoms with Gasteiger partial charge >= 0.3 is 0 Å². The van der Waals surface area contributed by atoms with Gasteiger partial charge in [-0.05, 0) is 54.0 Å². The van der Waals surface area contributed by atoms with Crippen LogP contribution < -0.4 is 14.8 Å². The molecule has 7 nitrogen and oxygen atoms in total. The quantitative estimate of drug-likeness (QED) is 0.505. The van der Waals surface area contributed by atoms with Crippen molar-refractivity contribution in [3.05, 3.63) is 58.1 Å². The lowest BCUT2D eigenvalue weighted by atomic mass is 10.1. The molecule has 2 aromatic rings. The van der Waals surface area contributed by atoms with E-state index in [1.807, 2.05) is 38.1 Å². The van der Waals surface area contributed by atoms with Crippen molar-refractivity contribution in [2.45, 2.75) is 31.4 Å². The standard InChI is InChI=1S/C20H25BrN2O5S/c1-14(2)28-19-7-5-4-6-15(19)13-22-20(24)17-12-16(8-9-18(17)21)29(25,26)23-10-11-27-3/h4-9,12,14,23H,10-11,13H2,1-3H3,(H,22,24). The van der Waals surface area contributed by atoms with Crippen molar-refractivity contribution < 1.29 is 22.7 Å². The van der Waals surface area contributed by atoms with Crippen LogP contribution in [0.3, 0.4) is 0 Å². The van der Waals surface area contributed by atoms with Crippen molar-refractivity contribution in [3.8, 4) is 5.75 Å². The summed E-state index contributed by atoms with van der Waals surface area (Å²) in [6, 6.07) is 11.8. The van der Waals surface area contributed by atoms with Crippen LogP contribution in [0.15, 0.2) is 51.8 Å². The SMILES string of the molecule is COCCNS(=O)(=O)c1ccc(Br)c(C(=O)NCc2ccccc2OC(C)C)c1. The average Bonchev–Trinajstić information content (AvgIpc) is 2.67. The minimum atomic E-state index is -3.74. The second kappa shape index (κ2) is 10.7. The van der Waals surface area contributed by atoms with Gasteiger partial charge in [-0.25, -0.2) is 13.1 Å². The molecule has 2 N–H and O–H groups in total. The average molecular weight is 485 g/mol. The lowest BCUT2D eigenvalue weighted by Crippen LogP contribution is -2.28. The first-order valence-corrected chi connectivity index (χ1v) is 11.3. The summed E-state index contributed by atoms with van der Waals surface area (Å²) in [5.74, 6) is 0.297. The highest BCUT2D eigenvalue weighted by molar-refractivity contribution is 9.10. The smallest absolute Gasteiger partial charge is 0.252 e. The molecule has 0 unspecified atom stereocenters. The Kier molecular flexibility index (Phi) is 8.63. The molecule has 1 amide bonds. The zero-order valence-electron chi connectivity index (χ0n) is 16.6. The fourth-order valence-electron chi connectivity index (χ4n) is 2.50. The minimum absolute atomic E-state index is 0.00509. The van der Waals surface area contributed by atoms with Gasteiger partial charge in [-0.2, -0.15) is 0 Å². The van der Waals surface area contributed by atoms with E-state index in [1.54, 1.807) is 0 Å². The van der Waals surface area contributed by atoms with Crippen molar-refractivity contribution in [1.29, 1.82) is 0 Å². The highest BCUT2D eigenvalue weighted by atomic mass is 79.9. The molecule has 0 saturated heterocycles. The van der Waals surface area contributed by atoms with Crippen LogP contribution >= 0.6 is 15.9 Å². The molecule has 0 aliphatic rings. The highest BCUT2D eigenvalue weighted by Crippen LogP contribution is 2.22. The van der Waals surface area contributed by atoms with E-state index >= 15 is 0 Å². The third-order valence-corrected chi connectivity index (χ3v) is 6.02. The molecule has 0 atom stereocenters. The molecule has 9 heteroatoms. The number of amides is 1. The number of benzene rings is 2. The molecule has 0 spiro atoms. The van der Waals surface area contributed by atoms with Gasteiger partial charge in [0.2, 0.25) is 10.0 Å². The number of hydrogen-bond donors (Lipinski definition) is 2. The molecule has 0 aliphatic carbocycles. The number of ether oxygens (including phenoxy) is 2. The van der Waals surface area contributed by atoms with Gasteiger partial charge in [-0.15, -0.1) is 0 Å². The minimum Gasteiger partial charge on any atom is -0.491 e. The van der Waals surface area contributed by atoms with Crippen molar-refractivity contribution in [3.63, 3.8) is 0 Å². The van der Waals surface area contributed by atoms with Gasteiger partial charge in [0.15, 0.2) is 0 Å². The largest absolute Gasteiger partial charge is 0.491 e. The summed E-state index contributed by atoms with van der Waals surface area (Å²) in [5, 5.41) is 2.82. The first-order chi connectivity index (χ1) is 13.7. The highest BCUT2D eigenvalue weighted by Gasteiger charge is 2.18. The molecule has 0 heterocycles. The van der Waals surface area contributed by atoms with E-state index in [2.05, 4.69) is 26.0 Å². The van der Waals surface area contributed by atoms with Crippen LogP contribution in [-0.2, 0) is 21.3 Å². The van der Waals surface area contributed by atoms with Crippen LogP contribution in [0.4, 0.5) is 0 Å². The predicted octanol–water partition coefficient (Wildman–Crippen LogP) is 3.09. The van der Waals surface area contributed by atoms with Crippen LogP contribution in [0.1, 0.15) is 29.8 Å². The van der Waals surface area contributed by atoms with Crippen LogP contribution in [0, 0.1) is 0 Å². The Bertz CT molecular complexity index is 948. The number of rotatable bonds is 10. The third kappa shape index (κ3) is 6.81. The fourth-order valence-corrected chi connectivity index (χ4v) is 3.96. The van der Waals surface area contributed by atoms with Crippen LogP contribution in [0.2, 0.25) is 0 Å². The van der Waals surface area contributed by atoms with E-state index in [0.29, 0.717) is 10.2 Å². The van der Waals surface area contributed by atoms with E-state index in [4.69, 9.17) is 9.47 Å². The van der Waals surface area contributed by atoms with Crippen LogP contribution in [0.25, 0.3) is 0 Å². The molecule has 2 aromatic carbocycles. The van der Waals surface area contributed by atoms with E-state index < -0.39 is 15.9 Å². The summed E-state index contributed by atoms with van der Waals surface area (Å²) in [7, 11) is -2.26. The number of halogens is 1. The maximum atomic E-state index is 12.7. The molecule has 0 aromatic heterocycles. The van der Waals surface area contributed by atoms with Gasteiger partial charge in [-0.1, -0.05) is 18.2 Å². The third-order valence-electron chi connectivity index (χ3n) is 3.87. The Balaban J connectivity index is 2.16. The lowest BCUT2D eigenvalue weighted by molar-refractivity contribution is 0.0949. The van der Waals surface area contributed by atoms with E-state index in [-0.39, 0.29) is 36.3 Å². The summed E-state index contributed by atoms with van der Waals surface area (Å²) >= 11 is 3.31. The van der Waals surface area contributed by atoms with E-state index in [0.717, 1.165) is 5.56 Å². The number of carbonyl (C=O) groups excluding carboxylic acids is 1. The first kappa shape index (κ1) is 23.3. The molecule has 158 valence electrons. The van der Waals surface area contributed by atoms with Gasteiger partial charge in [-0.3, -0.25) is 4.79 Å². The summed E-state index contributed by atoms with van der Waals surface area (Å²) in [6.45, 7) is 4.50. The Morgan fingerprint density at radius 2 is 1.90 bits per heavy atom. The van der Waals surface area contributed by atoms with Gasteiger partial charge in [0, 0.05) is 30.2 Å². The van der Waals surface area contributed by atoms with E-state index in [1.165, 1.54) is 25.3 Å². The summed E-state index contributed by atoms with van der Waals surface area (Å²) < 4.78 is 38.3. The van der Waals surface area contributed by atoms with Crippen molar-refractivity contribution >= 4 is 31.9 Å². The second-order valence-corrected chi connectivity index (χ2v) is 9.11. The number of para-hydroxylation sites is 1. The van der Waals surface area contributed by atoms with Crippen molar-refractivity contribution in [2.24, 2.45) is 0 Å². The van der Waals surface area contributed by atoms with Crippen LogP contribution in [0.5, 0.6) is 5.75 Å². The Hall–Kier alpha value is -1.94. The maximum Gasteiger partial charge on any atom is 0.252 e. The Morgan fingerprint density at radius 3 is 2.59 bits per heavy atom. The van der Waals surface area contributed by atoms with Gasteiger partial charge < -0.3 is 14.8 Å². The van der Waals surface area contributed by atoms with E-state index in [9.17, 15) is 13.2 Å². The van der Waals surface area contributed by atoms with Crippen molar-refractivity contribution in [2.75, 3.05) is 20.3 Å². The topological polar surface area (TPSA) is 93.7 Å². The summed E-state index contributed by atoms with van der Waals surface area (Å²) in [6.07, 6.45) is 0.00786. The second-order valence-electron chi connectivity index (χ2n) is 6.49. The molecule has 0 aliphatic heterocycles. The van der Waals surface area contributed by atoms with Crippen LogP contribution in [-0.4, -0.2) is 40.7 Å². The van der Waals surface area contributed by atoms with Gasteiger partial charge in [0.25, 0.3) is 5.91 Å².